The summed E-state index contributed by atoms with van der Waals surface area (Å²) in [5.41, 5.74) is 10.3. The zero-order valence-electron chi connectivity index (χ0n) is 12.2. The molecule has 0 aliphatic carbocycles. The van der Waals surface area contributed by atoms with Crippen LogP contribution in [0.2, 0.25) is 0 Å². The van der Waals surface area contributed by atoms with Crippen LogP contribution in [-0.2, 0) is 7.05 Å². The van der Waals surface area contributed by atoms with Crippen molar-refractivity contribution in [3.8, 4) is 0 Å². The van der Waals surface area contributed by atoms with Crippen LogP contribution in [0, 0.1) is 13.8 Å². The number of nitrogens with one attached hydrogen (secondary N) is 2. The van der Waals surface area contributed by atoms with E-state index in [1.807, 2.05) is 33.0 Å². The molecule has 0 bridgehead atoms. The van der Waals surface area contributed by atoms with Crippen LogP contribution < -0.4 is 11.1 Å². The average Bonchev–Trinajstić information content (AvgIpc) is 2.95. The Labute approximate surface area is 121 Å². The highest BCUT2D eigenvalue weighted by molar-refractivity contribution is 6.13. The lowest BCUT2D eigenvalue weighted by molar-refractivity contribution is 0.102. The van der Waals surface area contributed by atoms with Gasteiger partial charge in [0.15, 0.2) is 0 Å². The molecule has 0 spiro atoms. The van der Waals surface area contributed by atoms with Crippen molar-refractivity contribution in [3.05, 3.63) is 41.3 Å². The van der Waals surface area contributed by atoms with Crippen molar-refractivity contribution in [1.29, 1.82) is 0 Å². The SMILES string of the molecule is Cc1nn(C)c(C)c1NC(=O)c1c[nH]c2cc(N)ccc12. The molecule has 2 heterocycles. The lowest BCUT2D eigenvalue weighted by Gasteiger charge is -2.05. The number of rotatable bonds is 2. The minimum Gasteiger partial charge on any atom is -0.399 e. The summed E-state index contributed by atoms with van der Waals surface area (Å²) in [5.74, 6) is -0.162. The van der Waals surface area contributed by atoms with Crippen LogP contribution in [0.25, 0.3) is 10.9 Å². The molecule has 108 valence electrons. The quantitative estimate of drug-likeness (QED) is 0.631. The fourth-order valence-electron chi connectivity index (χ4n) is 2.47. The molecular weight excluding hydrogens is 266 g/mol. The fraction of sp³-hybridized carbons (Fsp3) is 0.200. The molecule has 0 aliphatic heterocycles. The van der Waals surface area contributed by atoms with E-state index < -0.39 is 0 Å². The van der Waals surface area contributed by atoms with Gasteiger partial charge in [-0.25, -0.2) is 0 Å². The lowest BCUT2D eigenvalue weighted by atomic mass is 10.1. The molecule has 0 fully saturated rings. The van der Waals surface area contributed by atoms with E-state index in [2.05, 4.69) is 15.4 Å². The van der Waals surface area contributed by atoms with Gasteiger partial charge in [0.05, 0.1) is 22.6 Å². The van der Waals surface area contributed by atoms with Gasteiger partial charge in [0.2, 0.25) is 0 Å². The maximum absolute atomic E-state index is 12.5. The van der Waals surface area contributed by atoms with Gasteiger partial charge in [-0.3, -0.25) is 9.48 Å². The second-order valence-electron chi connectivity index (χ2n) is 5.13. The number of benzene rings is 1. The molecule has 3 aromatic rings. The van der Waals surface area contributed by atoms with Crippen LogP contribution in [0.5, 0.6) is 0 Å². The van der Waals surface area contributed by atoms with Gasteiger partial charge in [-0.2, -0.15) is 5.10 Å². The van der Waals surface area contributed by atoms with Crippen molar-refractivity contribution < 1.29 is 4.79 Å². The van der Waals surface area contributed by atoms with Crippen LogP contribution in [0.15, 0.2) is 24.4 Å². The highest BCUT2D eigenvalue weighted by atomic mass is 16.1. The standard InChI is InChI=1S/C15H17N5O/c1-8-14(9(2)20(3)19-8)18-15(21)12-7-17-13-6-10(16)4-5-11(12)13/h4-7,17H,16H2,1-3H3,(H,18,21). The molecule has 0 atom stereocenters. The van der Waals surface area contributed by atoms with Crippen LogP contribution in [0.3, 0.4) is 0 Å². The van der Waals surface area contributed by atoms with Gasteiger partial charge in [0.25, 0.3) is 5.91 Å². The number of aromatic amines is 1. The predicted octanol–water partition coefficient (Wildman–Crippen LogP) is 2.35. The minimum absolute atomic E-state index is 0.162. The van der Waals surface area contributed by atoms with E-state index in [9.17, 15) is 4.79 Å². The maximum Gasteiger partial charge on any atom is 0.257 e. The molecule has 0 radical (unpaired) electrons. The molecule has 1 aromatic carbocycles. The maximum atomic E-state index is 12.5. The molecule has 0 saturated carbocycles. The highest BCUT2D eigenvalue weighted by Crippen LogP contribution is 2.24. The normalized spacial score (nSPS) is 11.0. The van der Waals surface area contributed by atoms with Gasteiger partial charge in [0.1, 0.15) is 0 Å². The van der Waals surface area contributed by atoms with E-state index in [1.165, 1.54) is 0 Å². The van der Waals surface area contributed by atoms with E-state index >= 15 is 0 Å². The Hall–Kier alpha value is -2.76. The third-order valence-corrected chi connectivity index (χ3v) is 3.70. The first kappa shape index (κ1) is 13.2. The number of carbonyl (C=O) groups excluding carboxylic acids is 1. The number of nitrogens with zero attached hydrogens (tertiary/aromatic N) is 2. The van der Waals surface area contributed by atoms with Crippen molar-refractivity contribution in [1.82, 2.24) is 14.8 Å². The summed E-state index contributed by atoms with van der Waals surface area (Å²) < 4.78 is 1.75. The number of fused-ring (bicyclic) bond motifs is 1. The zero-order valence-corrected chi connectivity index (χ0v) is 12.2. The Kier molecular flexibility index (Phi) is 2.94. The van der Waals surface area contributed by atoms with Crippen LogP contribution in [0.4, 0.5) is 11.4 Å². The van der Waals surface area contributed by atoms with Gasteiger partial charge < -0.3 is 16.0 Å². The van der Waals surface area contributed by atoms with Crippen LogP contribution in [-0.4, -0.2) is 20.7 Å². The fourth-order valence-corrected chi connectivity index (χ4v) is 2.47. The number of hydrogen-bond acceptors (Lipinski definition) is 3. The number of hydrogen-bond donors (Lipinski definition) is 3. The number of carbonyl (C=O) groups is 1. The summed E-state index contributed by atoms with van der Waals surface area (Å²) in [5, 5.41) is 8.08. The Morgan fingerprint density at radius 2 is 2.14 bits per heavy atom. The predicted molar refractivity (Wildman–Crippen MR) is 83.3 cm³/mol. The van der Waals surface area contributed by atoms with Gasteiger partial charge in [-0.1, -0.05) is 0 Å². The summed E-state index contributed by atoms with van der Waals surface area (Å²) in [6.45, 7) is 3.80. The molecule has 3 rings (SSSR count). The van der Waals surface area contributed by atoms with Crippen molar-refractivity contribution >= 4 is 28.2 Å². The van der Waals surface area contributed by atoms with Crippen molar-refractivity contribution in [2.75, 3.05) is 11.1 Å². The minimum atomic E-state index is -0.162. The summed E-state index contributed by atoms with van der Waals surface area (Å²) >= 11 is 0. The summed E-state index contributed by atoms with van der Waals surface area (Å²) in [7, 11) is 1.85. The number of aromatic nitrogens is 3. The molecule has 0 saturated heterocycles. The summed E-state index contributed by atoms with van der Waals surface area (Å²) in [6, 6.07) is 5.44. The molecule has 2 aromatic heterocycles. The van der Waals surface area contributed by atoms with E-state index in [0.717, 1.165) is 28.0 Å². The molecule has 0 aliphatic rings. The highest BCUT2D eigenvalue weighted by Gasteiger charge is 2.16. The van der Waals surface area contributed by atoms with Crippen LogP contribution in [0.1, 0.15) is 21.7 Å². The number of H-pyrrole nitrogens is 1. The Balaban J connectivity index is 1.97. The lowest BCUT2D eigenvalue weighted by Crippen LogP contribution is -2.12. The second-order valence-corrected chi connectivity index (χ2v) is 5.13. The molecule has 4 N–H and O–H groups in total. The molecule has 1 amide bonds. The summed E-state index contributed by atoms with van der Waals surface area (Å²) in [6.07, 6.45) is 1.69. The summed E-state index contributed by atoms with van der Waals surface area (Å²) in [4.78, 5) is 15.6. The average molecular weight is 283 g/mol. The van der Waals surface area contributed by atoms with Crippen molar-refractivity contribution in [2.45, 2.75) is 13.8 Å². The van der Waals surface area contributed by atoms with E-state index in [-0.39, 0.29) is 5.91 Å². The Morgan fingerprint density at radius 1 is 1.38 bits per heavy atom. The number of nitrogen functional groups attached to an aromatic ring is 1. The van der Waals surface area contributed by atoms with Gasteiger partial charge >= 0.3 is 0 Å². The first-order chi connectivity index (χ1) is 9.97. The third-order valence-electron chi connectivity index (χ3n) is 3.70. The topological polar surface area (TPSA) is 88.7 Å². The first-order valence-corrected chi connectivity index (χ1v) is 6.65. The third kappa shape index (κ3) is 2.14. The number of nitrogens with two attached hydrogens (primary N) is 1. The van der Waals surface area contributed by atoms with Gasteiger partial charge in [-0.05, 0) is 32.0 Å². The molecule has 6 nitrogen and oxygen atoms in total. The van der Waals surface area contributed by atoms with Gasteiger partial charge in [-0.15, -0.1) is 0 Å². The zero-order chi connectivity index (χ0) is 15.1. The molecule has 21 heavy (non-hydrogen) atoms. The molecule has 6 heteroatoms. The number of amides is 1. The molecule has 0 unspecified atom stereocenters. The van der Waals surface area contributed by atoms with E-state index in [1.54, 1.807) is 16.9 Å². The van der Waals surface area contributed by atoms with E-state index in [4.69, 9.17) is 5.73 Å². The second kappa shape index (κ2) is 4.66. The van der Waals surface area contributed by atoms with Crippen LogP contribution >= 0.6 is 0 Å². The Bertz CT molecular complexity index is 843. The van der Waals surface area contributed by atoms with Gasteiger partial charge in [0, 0.05) is 29.8 Å². The number of aryl methyl sites for hydroxylation is 2. The van der Waals surface area contributed by atoms with E-state index in [0.29, 0.717) is 11.3 Å². The largest absolute Gasteiger partial charge is 0.399 e. The van der Waals surface area contributed by atoms with Crippen molar-refractivity contribution in [2.24, 2.45) is 7.05 Å². The van der Waals surface area contributed by atoms with Crippen molar-refractivity contribution in [3.63, 3.8) is 0 Å². The first-order valence-electron chi connectivity index (χ1n) is 6.65. The monoisotopic (exact) mass is 283 g/mol. The Morgan fingerprint density at radius 3 is 2.81 bits per heavy atom. The smallest absolute Gasteiger partial charge is 0.257 e. The number of anilines is 2. The molecular formula is C15H17N5O.